The second-order valence-electron chi connectivity index (χ2n) is 3.71. The molecular formula is C8H14BrN5O. The average molecular weight is 276 g/mol. The maximum absolute atomic E-state index is 5.64. The Kier molecular flexibility index (Phi) is 3.20. The highest BCUT2D eigenvalue weighted by atomic mass is 79.9. The van der Waals surface area contributed by atoms with E-state index >= 15 is 0 Å². The van der Waals surface area contributed by atoms with E-state index in [-0.39, 0.29) is 6.10 Å². The molecule has 0 amide bonds. The number of alkyl halides is 1. The molecule has 7 heteroatoms. The van der Waals surface area contributed by atoms with Crippen molar-refractivity contribution < 1.29 is 4.74 Å². The maximum atomic E-state index is 5.64. The molecular weight excluding hydrogens is 262 g/mol. The first kappa shape index (κ1) is 10.8. The zero-order valence-electron chi connectivity index (χ0n) is 8.80. The van der Waals surface area contributed by atoms with E-state index < -0.39 is 0 Å². The number of aryl methyl sites for hydroxylation is 1. The van der Waals surface area contributed by atoms with Crippen LogP contribution in [0.1, 0.15) is 6.92 Å². The summed E-state index contributed by atoms with van der Waals surface area (Å²) >= 11 is 3.43. The second kappa shape index (κ2) is 4.44. The minimum atomic E-state index is 0.206. The minimum absolute atomic E-state index is 0.206. The Morgan fingerprint density at radius 3 is 3.00 bits per heavy atom. The second-order valence-corrected chi connectivity index (χ2v) is 4.36. The first-order valence-corrected chi connectivity index (χ1v) is 6.01. The van der Waals surface area contributed by atoms with Crippen LogP contribution in [0.5, 0.6) is 0 Å². The average Bonchev–Trinajstić information content (AvgIpc) is 2.65. The van der Waals surface area contributed by atoms with Crippen LogP contribution >= 0.6 is 15.9 Å². The Morgan fingerprint density at radius 2 is 2.40 bits per heavy atom. The van der Waals surface area contributed by atoms with Crippen LogP contribution in [0.4, 0.5) is 5.95 Å². The van der Waals surface area contributed by atoms with Crippen LogP contribution in [0.2, 0.25) is 0 Å². The summed E-state index contributed by atoms with van der Waals surface area (Å²) in [7, 11) is 1.85. The van der Waals surface area contributed by atoms with E-state index in [1.165, 1.54) is 0 Å². The van der Waals surface area contributed by atoms with Gasteiger partial charge in [-0.15, -0.1) is 0 Å². The SMILES string of the molecule is CC1COC(CBr)CN1c1nnnn1C. The molecule has 15 heavy (non-hydrogen) atoms. The van der Waals surface area contributed by atoms with Crippen LogP contribution in [-0.4, -0.2) is 50.8 Å². The lowest BCUT2D eigenvalue weighted by Gasteiger charge is -2.37. The third kappa shape index (κ3) is 2.12. The van der Waals surface area contributed by atoms with Gasteiger partial charge in [-0.3, -0.25) is 0 Å². The number of nitrogens with zero attached hydrogens (tertiary/aromatic N) is 5. The summed E-state index contributed by atoms with van der Waals surface area (Å²) in [4.78, 5) is 2.18. The molecule has 2 heterocycles. The molecule has 1 aromatic rings. The molecule has 1 aliphatic rings. The summed E-state index contributed by atoms with van der Waals surface area (Å²) in [6.45, 7) is 3.64. The molecule has 0 spiro atoms. The van der Waals surface area contributed by atoms with Crippen LogP contribution in [-0.2, 0) is 11.8 Å². The maximum Gasteiger partial charge on any atom is 0.245 e. The number of aromatic nitrogens is 4. The summed E-state index contributed by atoms with van der Waals surface area (Å²) < 4.78 is 7.33. The summed E-state index contributed by atoms with van der Waals surface area (Å²) in [6, 6.07) is 0.310. The van der Waals surface area contributed by atoms with Crippen molar-refractivity contribution in [2.24, 2.45) is 7.05 Å². The lowest BCUT2D eigenvalue weighted by atomic mass is 10.2. The number of hydrogen-bond acceptors (Lipinski definition) is 5. The fourth-order valence-electron chi connectivity index (χ4n) is 1.66. The smallest absolute Gasteiger partial charge is 0.245 e. The molecule has 6 nitrogen and oxygen atoms in total. The van der Waals surface area contributed by atoms with Crippen molar-refractivity contribution in [3.63, 3.8) is 0 Å². The van der Waals surface area contributed by atoms with E-state index in [1.807, 2.05) is 7.05 Å². The molecule has 0 aliphatic carbocycles. The monoisotopic (exact) mass is 275 g/mol. The van der Waals surface area contributed by atoms with Gasteiger partial charge in [-0.25, -0.2) is 4.68 Å². The number of anilines is 1. The third-order valence-electron chi connectivity index (χ3n) is 2.53. The lowest BCUT2D eigenvalue weighted by Crippen LogP contribution is -2.50. The van der Waals surface area contributed by atoms with Gasteiger partial charge in [0.15, 0.2) is 0 Å². The van der Waals surface area contributed by atoms with Crippen molar-refractivity contribution in [1.29, 1.82) is 0 Å². The highest BCUT2D eigenvalue weighted by Crippen LogP contribution is 2.18. The number of tetrazole rings is 1. The first-order chi connectivity index (χ1) is 7.22. The van der Waals surface area contributed by atoms with Gasteiger partial charge in [-0.2, -0.15) is 0 Å². The molecule has 2 rings (SSSR count). The van der Waals surface area contributed by atoms with Gasteiger partial charge in [0.25, 0.3) is 0 Å². The van der Waals surface area contributed by atoms with Gasteiger partial charge < -0.3 is 9.64 Å². The molecule has 1 fully saturated rings. The Morgan fingerprint density at radius 1 is 1.60 bits per heavy atom. The lowest BCUT2D eigenvalue weighted by molar-refractivity contribution is 0.0370. The molecule has 0 N–H and O–H groups in total. The van der Waals surface area contributed by atoms with E-state index in [9.17, 15) is 0 Å². The van der Waals surface area contributed by atoms with E-state index in [0.717, 1.165) is 17.8 Å². The minimum Gasteiger partial charge on any atom is -0.373 e. The summed E-state index contributed by atoms with van der Waals surface area (Å²) in [5.41, 5.74) is 0. The number of morpholine rings is 1. The van der Waals surface area contributed by atoms with Crippen LogP contribution in [0.15, 0.2) is 0 Å². The van der Waals surface area contributed by atoms with Gasteiger partial charge in [0.1, 0.15) is 0 Å². The van der Waals surface area contributed by atoms with E-state index in [2.05, 4.69) is 43.3 Å². The molecule has 1 aliphatic heterocycles. The summed E-state index contributed by atoms with van der Waals surface area (Å²) in [5, 5.41) is 12.3. The van der Waals surface area contributed by atoms with Gasteiger partial charge in [0.05, 0.1) is 18.8 Å². The Bertz CT molecular complexity index is 331. The quantitative estimate of drug-likeness (QED) is 0.722. The molecule has 1 aromatic heterocycles. The fraction of sp³-hybridized carbons (Fsp3) is 0.875. The zero-order valence-corrected chi connectivity index (χ0v) is 10.4. The van der Waals surface area contributed by atoms with Crippen molar-refractivity contribution >= 4 is 21.9 Å². The van der Waals surface area contributed by atoms with E-state index in [1.54, 1.807) is 4.68 Å². The molecule has 0 aromatic carbocycles. The van der Waals surface area contributed by atoms with Crippen molar-refractivity contribution in [1.82, 2.24) is 20.2 Å². The highest BCUT2D eigenvalue weighted by molar-refractivity contribution is 9.09. The van der Waals surface area contributed by atoms with Crippen molar-refractivity contribution in [2.45, 2.75) is 19.1 Å². The third-order valence-corrected chi connectivity index (χ3v) is 3.25. The molecule has 0 radical (unpaired) electrons. The van der Waals surface area contributed by atoms with Crippen molar-refractivity contribution in [3.05, 3.63) is 0 Å². The number of ether oxygens (including phenoxy) is 1. The largest absolute Gasteiger partial charge is 0.373 e. The highest BCUT2D eigenvalue weighted by Gasteiger charge is 2.28. The number of rotatable bonds is 2. The summed E-state index contributed by atoms with van der Waals surface area (Å²) in [6.07, 6.45) is 0.206. The zero-order chi connectivity index (χ0) is 10.8. The Balaban J connectivity index is 2.16. The Labute approximate surface area is 96.7 Å². The standard InChI is InChI=1S/C8H14BrN5O/c1-6-5-15-7(3-9)4-14(6)8-10-11-12-13(8)2/h6-7H,3-5H2,1-2H3. The van der Waals surface area contributed by atoms with E-state index in [0.29, 0.717) is 12.6 Å². The van der Waals surface area contributed by atoms with Gasteiger partial charge in [0, 0.05) is 18.9 Å². The van der Waals surface area contributed by atoms with Crippen LogP contribution in [0.3, 0.4) is 0 Å². The number of halogens is 1. The van der Waals surface area contributed by atoms with Gasteiger partial charge >= 0.3 is 0 Å². The molecule has 1 saturated heterocycles. The molecule has 2 unspecified atom stereocenters. The fourth-order valence-corrected chi connectivity index (χ4v) is 2.05. The summed E-state index contributed by atoms with van der Waals surface area (Å²) in [5.74, 6) is 0.803. The van der Waals surface area contributed by atoms with Crippen molar-refractivity contribution in [2.75, 3.05) is 23.4 Å². The van der Waals surface area contributed by atoms with Crippen LogP contribution < -0.4 is 4.90 Å². The normalized spacial score (nSPS) is 27.0. The molecule has 84 valence electrons. The number of hydrogen-bond donors (Lipinski definition) is 0. The molecule has 2 atom stereocenters. The van der Waals surface area contributed by atoms with Crippen molar-refractivity contribution in [3.8, 4) is 0 Å². The Hall–Kier alpha value is -0.690. The predicted octanol–water partition coefficient (Wildman–Crippen LogP) is 0.199. The van der Waals surface area contributed by atoms with Gasteiger partial charge in [-0.1, -0.05) is 21.0 Å². The van der Waals surface area contributed by atoms with Crippen LogP contribution in [0, 0.1) is 0 Å². The predicted molar refractivity (Wildman–Crippen MR) is 59.1 cm³/mol. The van der Waals surface area contributed by atoms with E-state index in [4.69, 9.17) is 4.74 Å². The molecule has 0 saturated carbocycles. The van der Waals surface area contributed by atoms with Gasteiger partial charge in [0.2, 0.25) is 5.95 Å². The first-order valence-electron chi connectivity index (χ1n) is 4.89. The van der Waals surface area contributed by atoms with Gasteiger partial charge in [-0.05, 0) is 17.4 Å². The molecule has 0 bridgehead atoms. The topological polar surface area (TPSA) is 56.1 Å². The van der Waals surface area contributed by atoms with Crippen LogP contribution in [0.25, 0.3) is 0 Å².